The van der Waals surface area contributed by atoms with Crippen molar-refractivity contribution < 1.29 is 4.79 Å². The molecule has 5 nitrogen and oxygen atoms in total. The summed E-state index contributed by atoms with van der Waals surface area (Å²) in [5.41, 5.74) is 2.46. The number of halogens is 1. The number of piperazine rings is 1. The van der Waals surface area contributed by atoms with Gasteiger partial charge in [-0.3, -0.25) is 9.69 Å². The third-order valence-corrected chi connectivity index (χ3v) is 4.86. The van der Waals surface area contributed by atoms with Gasteiger partial charge in [-0.25, -0.2) is 4.98 Å². The van der Waals surface area contributed by atoms with Crippen molar-refractivity contribution in [3.05, 3.63) is 47.0 Å². The van der Waals surface area contributed by atoms with Crippen molar-refractivity contribution in [3.63, 3.8) is 0 Å². The number of nitrogens with one attached hydrogen (secondary N) is 1. The fourth-order valence-electron chi connectivity index (χ4n) is 2.72. The van der Waals surface area contributed by atoms with Crippen molar-refractivity contribution in [1.29, 1.82) is 0 Å². The minimum absolute atomic E-state index is 0. The second-order valence-corrected chi connectivity index (χ2v) is 6.68. The number of nitrogens with zero attached hydrogens (tertiary/aromatic N) is 3. The van der Waals surface area contributed by atoms with Gasteiger partial charge >= 0.3 is 0 Å². The molecule has 2 aromatic rings. The summed E-state index contributed by atoms with van der Waals surface area (Å²) in [6.45, 7) is 7.32. The average molecular weight is 367 g/mol. The summed E-state index contributed by atoms with van der Waals surface area (Å²) in [7, 11) is 0. The molecule has 7 heteroatoms. The van der Waals surface area contributed by atoms with E-state index in [9.17, 15) is 4.79 Å². The van der Waals surface area contributed by atoms with E-state index in [2.05, 4.69) is 44.4 Å². The van der Waals surface area contributed by atoms with Gasteiger partial charge in [-0.1, -0.05) is 24.3 Å². The van der Waals surface area contributed by atoms with E-state index in [1.165, 1.54) is 5.56 Å². The average Bonchev–Trinajstić information content (AvgIpc) is 3.09. The molecule has 0 radical (unpaired) electrons. The molecule has 0 saturated carbocycles. The van der Waals surface area contributed by atoms with Gasteiger partial charge in [0.1, 0.15) is 0 Å². The smallest absolute Gasteiger partial charge is 0.217 e. The molecule has 2 heterocycles. The molecule has 1 fully saturated rings. The van der Waals surface area contributed by atoms with Crippen molar-refractivity contribution in [2.75, 3.05) is 31.1 Å². The summed E-state index contributed by atoms with van der Waals surface area (Å²) in [4.78, 5) is 20.2. The molecule has 1 aliphatic heterocycles. The molecule has 1 N–H and O–H groups in total. The first kappa shape index (κ1) is 18.7. The first-order valence-corrected chi connectivity index (χ1v) is 8.78. The Morgan fingerprint density at radius 3 is 2.42 bits per heavy atom. The van der Waals surface area contributed by atoms with Gasteiger partial charge in [-0.05, 0) is 11.1 Å². The lowest BCUT2D eigenvalue weighted by atomic mass is 10.1. The monoisotopic (exact) mass is 366 g/mol. The molecule has 1 aromatic heterocycles. The molecular formula is C17H23ClN4OS. The Labute approximate surface area is 153 Å². The number of hydrogen-bond donors (Lipinski definition) is 1. The molecular weight excluding hydrogens is 344 g/mol. The summed E-state index contributed by atoms with van der Waals surface area (Å²) in [6, 6.07) is 8.50. The molecule has 3 rings (SSSR count). The van der Waals surface area contributed by atoms with Crippen molar-refractivity contribution in [3.8, 4) is 0 Å². The number of thiazole rings is 1. The lowest BCUT2D eigenvalue weighted by molar-refractivity contribution is -0.119. The topological polar surface area (TPSA) is 48.5 Å². The number of carbonyl (C=O) groups is 1. The van der Waals surface area contributed by atoms with Crippen LogP contribution < -0.4 is 10.2 Å². The minimum Gasteiger partial charge on any atom is -0.352 e. The van der Waals surface area contributed by atoms with Crippen LogP contribution in [0.4, 0.5) is 5.13 Å². The van der Waals surface area contributed by atoms with Crippen LogP contribution in [0.3, 0.4) is 0 Å². The Morgan fingerprint density at radius 1 is 1.17 bits per heavy atom. The van der Waals surface area contributed by atoms with Crippen LogP contribution in [0.15, 0.2) is 35.8 Å². The van der Waals surface area contributed by atoms with E-state index in [1.807, 2.05) is 11.6 Å². The molecule has 0 bridgehead atoms. The molecule has 0 spiro atoms. The first-order valence-electron chi connectivity index (χ1n) is 7.90. The maximum absolute atomic E-state index is 10.9. The number of carbonyl (C=O) groups excluding carboxylic acids is 1. The van der Waals surface area contributed by atoms with Crippen molar-refractivity contribution in [2.24, 2.45) is 0 Å². The Bertz CT molecular complexity index is 625. The SMILES string of the molecule is CC(=O)NCc1ccc(CN2CCN(c3nccs3)CC2)cc1.Cl. The number of amides is 1. The molecule has 1 aromatic carbocycles. The molecule has 130 valence electrons. The van der Waals surface area contributed by atoms with Crippen LogP contribution in [0.25, 0.3) is 0 Å². The molecule has 1 amide bonds. The maximum Gasteiger partial charge on any atom is 0.217 e. The molecule has 0 aliphatic carbocycles. The number of aromatic nitrogens is 1. The summed E-state index contributed by atoms with van der Waals surface area (Å²) in [6.07, 6.45) is 1.87. The van der Waals surface area contributed by atoms with Crippen molar-refractivity contribution >= 4 is 34.8 Å². The van der Waals surface area contributed by atoms with E-state index in [1.54, 1.807) is 18.3 Å². The normalized spacial score (nSPS) is 15.0. The number of hydrogen-bond acceptors (Lipinski definition) is 5. The van der Waals surface area contributed by atoms with Crippen LogP contribution in [-0.4, -0.2) is 42.0 Å². The maximum atomic E-state index is 10.9. The van der Waals surface area contributed by atoms with Gasteiger partial charge in [0.25, 0.3) is 0 Å². The van der Waals surface area contributed by atoms with Crippen LogP contribution in [0.1, 0.15) is 18.1 Å². The van der Waals surface area contributed by atoms with Crippen LogP contribution in [-0.2, 0) is 17.9 Å². The largest absolute Gasteiger partial charge is 0.352 e. The highest BCUT2D eigenvalue weighted by atomic mass is 35.5. The Morgan fingerprint density at radius 2 is 1.83 bits per heavy atom. The fourth-order valence-corrected chi connectivity index (χ4v) is 3.41. The van der Waals surface area contributed by atoms with Crippen molar-refractivity contribution in [2.45, 2.75) is 20.0 Å². The predicted octanol–water partition coefficient (Wildman–Crippen LogP) is 2.52. The third kappa shape index (κ3) is 5.19. The van der Waals surface area contributed by atoms with E-state index in [0.29, 0.717) is 6.54 Å². The number of anilines is 1. The summed E-state index contributed by atoms with van der Waals surface area (Å²) < 4.78 is 0. The molecule has 0 atom stereocenters. The van der Waals surface area contributed by atoms with Crippen LogP contribution >= 0.6 is 23.7 Å². The van der Waals surface area contributed by atoms with Gasteiger partial charge in [0.15, 0.2) is 5.13 Å². The van der Waals surface area contributed by atoms with E-state index in [0.717, 1.165) is 43.4 Å². The highest BCUT2D eigenvalue weighted by Gasteiger charge is 2.18. The Balaban J connectivity index is 0.00000208. The number of benzene rings is 1. The van der Waals surface area contributed by atoms with Crippen LogP contribution in [0.5, 0.6) is 0 Å². The summed E-state index contributed by atoms with van der Waals surface area (Å²) in [5.74, 6) is 0.00665. The molecule has 1 aliphatic rings. The van der Waals surface area contributed by atoms with Gasteiger partial charge in [0, 0.05) is 57.8 Å². The lowest BCUT2D eigenvalue weighted by Crippen LogP contribution is -2.45. The first-order chi connectivity index (χ1) is 11.2. The van der Waals surface area contributed by atoms with Crippen molar-refractivity contribution in [1.82, 2.24) is 15.2 Å². The van der Waals surface area contributed by atoms with Crippen LogP contribution in [0.2, 0.25) is 0 Å². The zero-order valence-electron chi connectivity index (χ0n) is 13.8. The highest BCUT2D eigenvalue weighted by molar-refractivity contribution is 7.13. The molecule has 1 saturated heterocycles. The van der Waals surface area contributed by atoms with Crippen LogP contribution in [0, 0.1) is 0 Å². The van der Waals surface area contributed by atoms with Gasteiger partial charge in [0.2, 0.25) is 5.91 Å². The lowest BCUT2D eigenvalue weighted by Gasteiger charge is -2.34. The van der Waals surface area contributed by atoms with Gasteiger partial charge in [0.05, 0.1) is 0 Å². The minimum atomic E-state index is 0. The quantitative estimate of drug-likeness (QED) is 0.883. The van der Waals surface area contributed by atoms with E-state index in [-0.39, 0.29) is 18.3 Å². The predicted molar refractivity (Wildman–Crippen MR) is 101 cm³/mol. The standard InChI is InChI=1S/C17H22N4OS.ClH/c1-14(22)19-12-15-2-4-16(5-3-15)13-20-7-9-21(10-8-20)17-18-6-11-23-17;/h2-6,11H,7-10,12-13H2,1H3,(H,19,22);1H. The second-order valence-electron chi connectivity index (χ2n) is 5.80. The van der Waals surface area contributed by atoms with Gasteiger partial charge in [-0.15, -0.1) is 23.7 Å². The molecule has 0 unspecified atom stereocenters. The third-order valence-electron chi connectivity index (χ3n) is 4.03. The zero-order valence-corrected chi connectivity index (χ0v) is 15.4. The Hall–Kier alpha value is -1.63. The van der Waals surface area contributed by atoms with E-state index in [4.69, 9.17) is 0 Å². The van der Waals surface area contributed by atoms with Gasteiger partial charge < -0.3 is 10.2 Å². The highest BCUT2D eigenvalue weighted by Crippen LogP contribution is 2.19. The van der Waals surface area contributed by atoms with Gasteiger partial charge in [-0.2, -0.15) is 0 Å². The second kappa shape index (κ2) is 9.01. The van der Waals surface area contributed by atoms with E-state index < -0.39 is 0 Å². The van der Waals surface area contributed by atoms with E-state index >= 15 is 0 Å². The summed E-state index contributed by atoms with van der Waals surface area (Å²) >= 11 is 1.71. The fraction of sp³-hybridized carbons (Fsp3) is 0.412. The Kier molecular flexibility index (Phi) is 7.02. The zero-order chi connectivity index (χ0) is 16.1. The number of rotatable bonds is 5. The summed E-state index contributed by atoms with van der Waals surface area (Å²) in [5, 5.41) is 5.98. The molecule has 24 heavy (non-hydrogen) atoms.